The number of benzene rings is 1. The van der Waals surface area contributed by atoms with Crippen molar-refractivity contribution in [1.29, 1.82) is 0 Å². The predicted octanol–water partition coefficient (Wildman–Crippen LogP) is 2.53. The van der Waals surface area contributed by atoms with Crippen LogP contribution < -0.4 is 4.72 Å². The van der Waals surface area contributed by atoms with E-state index < -0.39 is 16.0 Å². The quantitative estimate of drug-likeness (QED) is 0.855. The Morgan fingerprint density at radius 1 is 1.33 bits per heavy atom. The van der Waals surface area contributed by atoms with Crippen LogP contribution in [0.1, 0.15) is 28.8 Å². The Kier molecular flexibility index (Phi) is 4.76. The summed E-state index contributed by atoms with van der Waals surface area (Å²) in [7, 11) is -3.67. The molecule has 0 spiro atoms. The van der Waals surface area contributed by atoms with Gasteiger partial charge in [0.05, 0.1) is 5.56 Å². The van der Waals surface area contributed by atoms with Crippen LogP contribution in [0, 0.1) is 0 Å². The zero-order valence-corrected chi connectivity index (χ0v) is 12.9. The lowest BCUT2D eigenvalue weighted by atomic mass is 10.0. The zero-order chi connectivity index (χ0) is 15.5. The van der Waals surface area contributed by atoms with Crippen molar-refractivity contribution >= 4 is 27.3 Å². The number of nitrogens with one attached hydrogen (secondary N) is 1. The molecule has 7 heteroatoms. The van der Waals surface area contributed by atoms with E-state index in [2.05, 4.69) is 4.72 Å². The molecule has 0 saturated heterocycles. The number of carboxylic acids is 1. The van der Waals surface area contributed by atoms with Gasteiger partial charge in [-0.2, -0.15) is 0 Å². The second-order valence-corrected chi connectivity index (χ2v) is 7.53. The summed E-state index contributed by atoms with van der Waals surface area (Å²) in [4.78, 5) is 10.8. The van der Waals surface area contributed by atoms with Gasteiger partial charge in [0, 0.05) is 11.9 Å². The third-order valence-electron chi connectivity index (χ3n) is 3.04. The maximum absolute atomic E-state index is 12.1. The molecular weight excluding hydrogens is 310 g/mol. The fraction of sp³-hybridized carbons (Fsp3) is 0.214. The number of thiophene rings is 1. The summed E-state index contributed by atoms with van der Waals surface area (Å²) >= 11 is 0.901. The van der Waals surface area contributed by atoms with Crippen molar-refractivity contribution in [3.05, 3.63) is 52.9 Å². The molecular formula is C14H15NO4S2. The van der Waals surface area contributed by atoms with Crippen LogP contribution in [0.5, 0.6) is 0 Å². The molecule has 0 bridgehead atoms. The Morgan fingerprint density at radius 2 is 2.00 bits per heavy atom. The van der Waals surface area contributed by atoms with Gasteiger partial charge in [-0.3, -0.25) is 0 Å². The number of carbonyl (C=O) groups is 1. The van der Waals surface area contributed by atoms with Crippen LogP contribution in [0.4, 0.5) is 0 Å². The van der Waals surface area contributed by atoms with Crippen LogP contribution in [0.15, 0.2) is 46.0 Å². The lowest BCUT2D eigenvalue weighted by molar-refractivity contribution is 0.0697. The summed E-state index contributed by atoms with van der Waals surface area (Å²) in [5.74, 6) is -1.11. The fourth-order valence-corrected chi connectivity index (χ4v) is 4.10. The van der Waals surface area contributed by atoms with Gasteiger partial charge in [-0.25, -0.2) is 17.9 Å². The first-order valence-electron chi connectivity index (χ1n) is 6.26. The van der Waals surface area contributed by atoms with Gasteiger partial charge in [-0.1, -0.05) is 37.3 Å². The maximum atomic E-state index is 12.1. The van der Waals surface area contributed by atoms with Crippen LogP contribution in [0.3, 0.4) is 0 Å². The van der Waals surface area contributed by atoms with Gasteiger partial charge < -0.3 is 5.11 Å². The van der Waals surface area contributed by atoms with Crippen LogP contribution in [-0.2, 0) is 10.0 Å². The van der Waals surface area contributed by atoms with Crippen molar-refractivity contribution in [2.24, 2.45) is 0 Å². The monoisotopic (exact) mass is 325 g/mol. The molecule has 0 amide bonds. The molecule has 1 heterocycles. The van der Waals surface area contributed by atoms with Gasteiger partial charge in [0.2, 0.25) is 10.0 Å². The molecule has 1 aromatic carbocycles. The normalized spacial score (nSPS) is 13.0. The minimum Gasteiger partial charge on any atom is -0.478 e. The Balaban J connectivity index is 2.06. The maximum Gasteiger partial charge on any atom is 0.336 e. The first kappa shape index (κ1) is 15.7. The van der Waals surface area contributed by atoms with Gasteiger partial charge in [-0.15, -0.1) is 11.3 Å². The summed E-state index contributed by atoms with van der Waals surface area (Å²) in [5, 5.41) is 10.1. The molecule has 2 aromatic rings. The van der Waals surface area contributed by atoms with E-state index >= 15 is 0 Å². The van der Waals surface area contributed by atoms with Crippen molar-refractivity contribution < 1.29 is 18.3 Å². The van der Waals surface area contributed by atoms with Gasteiger partial charge in [0.1, 0.15) is 4.21 Å². The van der Waals surface area contributed by atoms with Crippen LogP contribution in [-0.4, -0.2) is 26.0 Å². The highest BCUT2D eigenvalue weighted by Crippen LogP contribution is 2.21. The Bertz CT molecular complexity index is 722. The third-order valence-corrected chi connectivity index (χ3v) is 5.90. The average molecular weight is 325 g/mol. The molecule has 112 valence electrons. The first-order chi connectivity index (χ1) is 9.90. The zero-order valence-electron chi connectivity index (χ0n) is 11.3. The first-order valence-corrected chi connectivity index (χ1v) is 8.63. The number of hydrogen-bond acceptors (Lipinski definition) is 4. The molecule has 0 saturated carbocycles. The van der Waals surface area contributed by atoms with Crippen molar-refractivity contribution in [2.75, 3.05) is 6.54 Å². The summed E-state index contributed by atoms with van der Waals surface area (Å²) in [6.45, 7) is 2.18. The highest BCUT2D eigenvalue weighted by Gasteiger charge is 2.19. The lowest BCUT2D eigenvalue weighted by Crippen LogP contribution is -2.27. The highest BCUT2D eigenvalue weighted by molar-refractivity contribution is 7.91. The molecule has 0 aliphatic carbocycles. The Labute approximate surface area is 127 Å². The highest BCUT2D eigenvalue weighted by atomic mass is 32.2. The Morgan fingerprint density at radius 3 is 2.57 bits per heavy atom. The summed E-state index contributed by atoms with van der Waals surface area (Å²) < 4.78 is 26.8. The smallest absolute Gasteiger partial charge is 0.336 e. The van der Waals surface area contributed by atoms with E-state index in [9.17, 15) is 13.2 Å². The van der Waals surface area contributed by atoms with Crippen molar-refractivity contribution in [1.82, 2.24) is 4.72 Å². The van der Waals surface area contributed by atoms with Gasteiger partial charge in [-0.05, 0) is 17.5 Å². The number of rotatable bonds is 6. The lowest BCUT2D eigenvalue weighted by Gasteiger charge is -2.12. The van der Waals surface area contributed by atoms with E-state index in [1.54, 1.807) is 0 Å². The molecule has 5 nitrogen and oxygen atoms in total. The summed E-state index contributed by atoms with van der Waals surface area (Å²) in [6, 6.07) is 10.7. The van der Waals surface area contributed by atoms with E-state index in [1.807, 2.05) is 37.3 Å². The second kappa shape index (κ2) is 6.38. The number of carboxylic acid groups (broad SMARTS) is 1. The minimum atomic E-state index is -3.67. The molecule has 2 N–H and O–H groups in total. The average Bonchev–Trinajstić information content (AvgIpc) is 2.97. The minimum absolute atomic E-state index is 0.0140. The number of sulfonamides is 1. The predicted molar refractivity (Wildman–Crippen MR) is 81.3 cm³/mol. The molecule has 1 atom stereocenters. The molecule has 1 aromatic heterocycles. The van der Waals surface area contributed by atoms with E-state index in [1.165, 1.54) is 11.4 Å². The third kappa shape index (κ3) is 3.90. The molecule has 0 aliphatic heterocycles. The largest absolute Gasteiger partial charge is 0.478 e. The molecule has 0 fully saturated rings. The molecule has 0 aliphatic rings. The summed E-state index contributed by atoms with van der Waals surface area (Å²) in [5.41, 5.74) is 1.02. The molecule has 21 heavy (non-hydrogen) atoms. The van der Waals surface area contributed by atoms with Gasteiger partial charge in [0.25, 0.3) is 0 Å². The van der Waals surface area contributed by atoms with Gasteiger partial charge >= 0.3 is 5.97 Å². The fourth-order valence-electron chi connectivity index (χ4n) is 1.77. The van der Waals surface area contributed by atoms with E-state index in [0.29, 0.717) is 0 Å². The number of hydrogen-bond donors (Lipinski definition) is 2. The van der Waals surface area contributed by atoms with Crippen molar-refractivity contribution in [3.63, 3.8) is 0 Å². The van der Waals surface area contributed by atoms with Gasteiger partial charge in [0.15, 0.2) is 0 Å². The topological polar surface area (TPSA) is 83.5 Å². The van der Waals surface area contributed by atoms with E-state index in [-0.39, 0.29) is 22.2 Å². The van der Waals surface area contributed by atoms with Crippen molar-refractivity contribution in [3.8, 4) is 0 Å². The molecule has 1 unspecified atom stereocenters. The van der Waals surface area contributed by atoms with Crippen LogP contribution in [0.2, 0.25) is 0 Å². The second-order valence-electron chi connectivity index (χ2n) is 4.62. The Hall–Kier alpha value is -1.70. The van der Waals surface area contributed by atoms with E-state index in [0.717, 1.165) is 16.9 Å². The van der Waals surface area contributed by atoms with E-state index in [4.69, 9.17) is 5.11 Å². The molecule has 0 radical (unpaired) electrons. The SMILES string of the molecule is CC(CNS(=O)(=O)c1cc(C(=O)O)cs1)c1ccccc1. The summed E-state index contributed by atoms with van der Waals surface area (Å²) in [6.07, 6.45) is 0. The van der Waals surface area contributed by atoms with Crippen LogP contribution >= 0.6 is 11.3 Å². The van der Waals surface area contributed by atoms with Crippen molar-refractivity contribution in [2.45, 2.75) is 17.1 Å². The number of aromatic carboxylic acids is 1. The van der Waals surface area contributed by atoms with Crippen LogP contribution in [0.25, 0.3) is 0 Å². The standard InChI is InChI=1S/C14H15NO4S2/c1-10(11-5-3-2-4-6-11)8-15-21(18,19)13-7-12(9-20-13)14(16)17/h2-7,9-10,15H,8H2,1H3,(H,16,17). The molecule has 2 rings (SSSR count).